The maximum absolute atomic E-state index is 5.80. The number of para-hydroxylation sites is 1. The van der Waals surface area contributed by atoms with Crippen LogP contribution >= 0.6 is 0 Å². The van der Waals surface area contributed by atoms with Gasteiger partial charge in [-0.1, -0.05) is 25.1 Å². The van der Waals surface area contributed by atoms with Gasteiger partial charge in [0.2, 0.25) is 0 Å². The Kier molecular flexibility index (Phi) is 3.20. The maximum atomic E-state index is 5.80. The molecule has 1 unspecified atom stereocenters. The molecule has 1 aliphatic rings. The van der Waals surface area contributed by atoms with Crippen LogP contribution in [0.4, 0.5) is 5.69 Å². The van der Waals surface area contributed by atoms with Crippen molar-refractivity contribution in [2.45, 2.75) is 39.2 Å². The Morgan fingerprint density at radius 3 is 2.69 bits per heavy atom. The molecule has 88 valence electrons. The normalized spacial score (nSPS) is 16.7. The summed E-state index contributed by atoms with van der Waals surface area (Å²) in [4.78, 5) is 2.51. The second-order valence-electron chi connectivity index (χ2n) is 5.03. The fourth-order valence-electron chi connectivity index (χ4n) is 2.56. The van der Waals surface area contributed by atoms with Gasteiger partial charge in [0, 0.05) is 18.3 Å². The molecule has 2 heteroatoms. The first-order chi connectivity index (χ1) is 7.65. The van der Waals surface area contributed by atoms with Crippen molar-refractivity contribution in [3.63, 3.8) is 0 Å². The first kappa shape index (κ1) is 11.5. The molecule has 1 aromatic carbocycles. The smallest absolute Gasteiger partial charge is 0.0437 e. The van der Waals surface area contributed by atoms with E-state index in [9.17, 15) is 0 Å². The van der Waals surface area contributed by atoms with Gasteiger partial charge in [0.05, 0.1) is 0 Å². The van der Waals surface area contributed by atoms with Crippen LogP contribution in [-0.4, -0.2) is 19.1 Å². The van der Waals surface area contributed by atoms with Gasteiger partial charge in [-0.3, -0.25) is 0 Å². The minimum atomic E-state index is 0.453. The topological polar surface area (TPSA) is 29.3 Å². The predicted octanol–water partition coefficient (Wildman–Crippen LogP) is 2.52. The van der Waals surface area contributed by atoms with E-state index in [1.54, 1.807) is 0 Å². The Morgan fingerprint density at radius 2 is 2.06 bits per heavy atom. The number of benzene rings is 1. The predicted molar refractivity (Wildman–Crippen MR) is 70.1 cm³/mol. The molecule has 0 aromatic heterocycles. The standard InChI is InChI=1S/C14H22N2/c1-10(2)16-8-7-12-5-4-6-13(14(12)16)11(3)9-15/h4-6,10-11H,7-9,15H2,1-3H3. The summed E-state index contributed by atoms with van der Waals surface area (Å²) in [5.41, 5.74) is 10.2. The molecule has 1 atom stereocenters. The van der Waals surface area contributed by atoms with Crippen LogP contribution in [0.3, 0.4) is 0 Å². The molecule has 1 heterocycles. The molecule has 0 bridgehead atoms. The van der Waals surface area contributed by atoms with Gasteiger partial charge in [0.25, 0.3) is 0 Å². The van der Waals surface area contributed by atoms with E-state index in [1.165, 1.54) is 23.2 Å². The van der Waals surface area contributed by atoms with Gasteiger partial charge in [0.1, 0.15) is 0 Å². The molecule has 0 aliphatic carbocycles. The molecule has 1 aromatic rings. The van der Waals surface area contributed by atoms with E-state index >= 15 is 0 Å². The minimum Gasteiger partial charge on any atom is -0.368 e. The van der Waals surface area contributed by atoms with Crippen LogP contribution in [0, 0.1) is 0 Å². The van der Waals surface area contributed by atoms with Crippen molar-refractivity contribution in [3.05, 3.63) is 29.3 Å². The SMILES string of the molecule is CC(CN)c1cccc2c1N(C(C)C)CC2. The third kappa shape index (κ3) is 1.82. The van der Waals surface area contributed by atoms with E-state index in [1.807, 2.05) is 0 Å². The first-order valence-electron chi connectivity index (χ1n) is 6.23. The maximum Gasteiger partial charge on any atom is 0.0437 e. The molecular weight excluding hydrogens is 196 g/mol. The summed E-state index contributed by atoms with van der Waals surface area (Å²) in [5, 5.41) is 0. The lowest BCUT2D eigenvalue weighted by molar-refractivity contribution is 0.697. The molecule has 0 saturated carbocycles. The van der Waals surface area contributed by atoms with Crippen molar-refractivity contribution >= 4 is 5.69 Å². The fourth-order valence-corrected chi connectivity index (χ4v) is 2.56. The fraction of sp³-hybridized carbons (Fsp3) is 0.571. The van der Waals surface area contributed by atoms with Gasteiger partial charge in [0.15, 0.2) is 0 Å². The summed E-state index contributed by atoms with van der Waals surface area (Å²) >= 11 is 0. The van der Waals surface area contributed by atoms with E-state index < -0.39 is 0 Å². The molecule has 16 heavy (non-hydrogen) atoms. The largest absolute Gasteiger partial charge is 0.368 e. The number of nitrogens with two attached hydrogens (primary N) is 1. The lowest BCUT2D eigenvalue weighted by atomic mass is 9.96. The second kappa shape index (κ2) is 4.46. The minimum absolute atomic E-state index is 0.453. The van der Waals surface area contributed by atoms with E-state index in [0.29, 0.717) is 12.0 Å². The van der Waals surface area contributed by atoms with Gasteiger partial charge >= 0.3 is 0 Å². The van der Waals surface area contributed by atoms with Crippen molar-refractivity contribution in [2.24, 2.45) is 5.73 Å². The third-order valence-electron chi connectivity index (χ3n) is 3.57. The van der Waals surface area contributed by atoms with Crippen molar-refractivity contribution < 1.29 is 0 Å². The van der Waals surface area contributed by atoms with Gasteiger partial charge in [-0.2, -0.15) is 0 Å². The Bertz CT molecular complexity index is 371. The van der Waals surface area contributed by atoms with Crippen LogP contribution in [0.25, 0.3) is 0 Å². The Labute approximate surface area is 98.4 Å². The number of nitrogens with zero attached hydrogens (tertiary/aromatic N) is 1. The highest BCUT2D eigenvalue weighted by Gasteiger charge is 2.25. The summed E-state index contributed by atoms with van der Waals surface area (Å²) in [6, 6.07) is 7.23. The lowest BCUT2D eigenvalue weighted by Gasteiger charge is -2.28. The van der Waals surface area contributed by atoms with Crippen molar-refractivity contribution in [3.8, 4) is 0 Å². The van der Waals surface area contributed by atoms with Crippen molar-refractivity contribution in [1.82, 2.24) is 0 Å². The van der Waals surface area contributed by atoms with Crippen LogP contribution in [0.15, 0.2) is 18.2 Å². The highest BCUT2D eigenvalue weighted by Crippen LogP contribution is 2.36. The van der Waals surface area contributed by atoms with Gasteiger partial charge < -0.3 is 10.6 Å². The number of anilines is 1. The Balaban J connectivity index is 2.45. The quantitative estimate of drug-likeness (QED) is 0.844. The number of hydrogen-bond acceptors (Lipinski definition) is 2. The van der Waals surface area contributed by atoms with Gasteiger partial charge in [-0.25, -0.2) is 0 Å². The van der Waals surface area contributed by atoms with E-state index in [0.717, 1.165) is 13.1 Å². The highest BCUT2D eigenvalue weighted by atomic mass is 15.2. The van der Waals surface area contributed by atoms with Crippen LogP contribution < -0.4 is 10.6 Å². The molecule has 0 radical (unpaired) electrons. The monoisotopic (exact) mass is 218 g/mol. The number of fused-ring (bicyclic) bond motifs is 1. The van der Waals surface area contributed by atoms with E-state index in [2.05, 4.69) is 43.9 Å². The average Bonchev–Trinajstić information content (AvgIpc) is 2.71. The summed E-state index contributed by atoms with van der Waals surface area (Å²) in [5.74, 6) is 0.453. The zero-order valence-electron chi connectivity index (χ0n) is 10.5. The molecule has 0 spiro atoms. The average molecular weight is 218 g/mol. The molecule has 0 amide bonds. The molecule has 2 nitrogen and oxygen atoms in total. The van der Waals surface area contributed by atoms with Crippen molar-refractivity contribution in [2.75, 3.05) is 18.0 Å². The second-order valence-corrected chi connectivity index (χ2v) is 5.03. The highest BCUT2D eigenvalue weighted by molar-refractivity contribution is 5.65. The van der Waals surface area contributed by atoms with Crippen LogP contribution in [0.2, 0.25) is 0 Å². The summed E-state index contributed by atoms with van der Waals surface area (Å²) < 4.78 is 0. The molecule has 0 saturated heterocycles. The van der Waals surface area contributed by atoms with Crippen LogP contribution in [0.1, 0.15) is 37.8 Å². The molecular formula is C14H22N2. The number of hydrogen-bond donors (Lipinski definition) is 1. The zero-order valence-corrected chi connectivity index (χ0v) is 10.5. The van der Waals surface area contributed by atoms with Crippen LogP contribution in [0.5, 0.6) is 0 Å². The molecule has 1 aliphatic heterocycles. The van der Waals surface area contributed by atoms with E-state index in [4.69, 9.17) is 5.73 Å². The Hall–Kier alpha value is -1.02. The Morgan fingerprint density at radius 1 is 1.31 bits per heavy atom. The van der Waals surface area contributed by atoms with E-state index in [-0.39, 0.29) is 0 Å². The molecule has 2 N–H and O–H groups in total. The van der Waals surface area contributed by atoms with Gasteiger partial charge in [-0.15, -0.1) is 0 Å². The zero-order chi connectivity index (χ0) is 11.7. The molecule has 2 rings (SSSR count). The lowest BCUT2D eigenvalue weighted by Crippen LogP contribution is -2.29. The van der Waals surface area contributed by atoms with Gasteiger partial charge in [-0.05, 0) is 43.9 Å². The van der Waals surface area contributed by atoms with Crippen molar-refractivity contribution in [1.29, 1.82) is 0 Å². The summed E-state index contributed by atoms with van der Waals surface area (Å²) in [7, 11) is 0. The third-order valence-corrected chi connectivity index (χ3v) is 3.57. The molecule has 0 fully saturated rings. The summed E-state index contributed by atoms with van der Waals surface area (Å²) in [6.07, 6.45) is 1.18. The number of rotatable bonds is 3. The van der Waals surface area contributed by atoms with Crippen LogP contribution in [-0.2, 0) is 6.42 Å². The first-order valence-corrected chi connectivity index (χ1v) is 6.23. The summed E-state index contributed by atoms with van der Waals surface area (Å²) in [6.45, 7) is 8.62.